The lowest BCUT2D eigenvalue weighted by molar-refractivity contribution is -0.384. The van der Waals surface area contributed by atoms with E-state index in [1.54, 1.807) is 6.92 Å². The molecule has 0 heterocycles. The third-order valence-corrected chi connectivity index (χ3v) is 5.84. The van der Waals surface area contributed by atoms with E-state index in [1.807, 2.05) is 0 Å². The molecule has 27 heavy (non-hydrogen) atoms. The zero-order chi connectivity index (χ0) is 20.0. The van der Waals surface area contributed by atoms with Gasteiger partial charge < -0.3 is 9.84 Å². The topological polar surface area (TPSA) is 133 Å². The highest BCUT2D eigenvalue weighted by molar-refractivity contribution is 7.86. The maximum Gasteiger partial charge on any atom is 0.339 e. The molecule has 10 heteroatoms. The fourth-order valence-corrected chi connectivity index (χ4v) is 4.16. The molecule has 1 fully saturated rings. The first-order valence-corrected chi connectivity index (χ1v) is 10.2. The molecular formula is C17H23NO8S. The van der Waals surface area contributed by atoms with Gasteiger partial charge in [0.15, 0.2) is 0 Å². The Morgan fingerprint density at radius 2 is 1.85 bits per heavy atom. The lowest BCUT2D eigenvalue weighted by atomic mass is 9.83. The quantitative estimate of drug-likeness (QED) is 0.303. The molecule has 1 saturated carbocycles. The Morgan fingerprint density at radius 1 is 1.26 bits per heavy atom. The van der Waals surface area contributed by atoms with Crippen molar-refractivity contribution in [2.75, 3.05) is 6.61 Å². The maximum absolute atomic E-state index is 12.5. The fraction of sp³-hybridized carbons (Fsp3) is 0.588. The van der Waals surface area contributed by atoms with Crippen LogP contribution in [0, 0.1) is 16.0 Å². The van der Waals surface area contributed by atoms with Crippen molar-refractivity contribution in [1.82, 2.24) is 0 Å². The molecule has 1 aromatic carbocycles. The van der Waals surface area contributed by atoms with Crippen molar-refractivity contribution >= 4 is 21.8 Å². The molecule has 0 spiro atoms. The number of carbonyl (C=O) groups excluding carboxylic acids is 1. The van der Waals surface area contributed by atoms with Gasteiger partial charge in [0.05, 0.1) is 22.5 Å². The Balaban J connectivity index is 2.24. The van der Waals surface area contributed by atoms with E-state index >= 15 is 0 Å². The molecular weight excluding hydrogens is 378 g/mol. The maximum atomic E-state index is 12.5. The minimum Gasteiger partial charge on any atom is -0.464 e. The molecule has 2 rings (SSSR count). The van der Waals surface area contributed by atoms with Gasteiger partial charge in [-0.05, 0) is 37.8 Å². The second-order valence-corrected chi connectivity index (χ2v) is 7.93. The molecule has 2 atom stereocenters. The highest BCUT2D eigenvalue weighted by atomic mass is 32.2. The average molecular weight is 401 g/mol. The van der Waals surface area contributed by atoms with Crippen LogP contribution < -0.4 is 0 Å². The van der Waals surface area contributed by atoms with Crippen molar-refractivity contribution in [3.63, 3.8) is 0 Å². The lowest BCUT2D eigenvalue weighted by Crippen LogP contribution is -2.44. The van der Waals surface area contributed by atoms with Crippen LogP contribution in [0.15, 0.2) is 29.2 Å². The van der Waals surface area contributed by atoms with Crippen LogP contribution in [-0.4, -0.2) is 43.2 Å². The minimum absolute atomic E-state index is 0.00760. The number of rotatable bonds is 8. The number of aliphatic hydroxyl groups excluding tert-OH is 1. The first kappa shape index (κ1) is 21.3. The molecule has 0 amide bonds. The molecule has 1 aliphatic carbocycles. The number of non-ortho nitro benzene ring substituents is 1. The summed E-state index contributed by atoms with van der Waals surface area (Å²) in [5.74, 6) is -1.22. The van der Waals surface area contributed by atoms with Crippen molar-refractivity contribution in [1.29, 1.82) is 0 Å². The van der Waals surface area contributed by atoms with E-state index in [9.17, 15) is 28.4 Å². The average Bonchev–Trinajstić information content (AvgIpc) is 2.66. The number of hydrogen-bond donors (Lipinski definition) is 1. The van der Waals surface area contributed by atoms with E-state index in [4.69, 9.17) is 8.92 Å². The summed E-state index contributed by atoms with van der Waals surface area (Å²) in [7, 11) is -4.43. The molecule has 9 nitrogen and oxygen atoms in total. The molecule has 1 aromatic rings. The number of nitrogens with zero attached hydrogens (tertiary/aromatic N) is 1. The van der Waals surface area contributed by atoms with E-state index in [0.717, 1.165) is 43.5 Å². The van der Waals surface area contributed by atoms with E-state index in [1.165, 1.54) is 0 Å². The Kier molecular flexibility index (Phi) is 7.28. The van der Waals surface area contributed by atoms with Gasteiger partial charge in [-0.25, -0.2) is 8.98 Å². The molecule has 1 aliphatic rings. The first-order chi connectivity index (χ1) is 12.8. The van der Waals surface area contributed by atoms with E-state index in [0.29, 0.717) is 12.8 Å². The predicted octanol–water partition coefficient (Wildman–Crippen LogP) is 2.17. The zero-order valence-corrected chi connectivity index (χ0v) is 15.8. The summed E-state index contributed by atoms with van der Waals surface area (Å²) in [6.45, 7) is 1.57. The van der Waals surface area contributed by atoms with Crippen LogP contribution in [0.25, 0.3) is 0 Å². The second-order valence-electron chi connectivity index (χ2n) is 6.36. The zero-order valence-electron chi connectivity index (χ0n) is 14.9. The van der Waals surface area contributed by atoms with Gasteiger partial charge in [-0.3, -0.25) is 10.1 Å². The summed E-state index contributed by atoms with van der Waals surface area (Å²) in [6.07, 6.45) is 1.11. The van der Waals surface area contributed by atoms with Gasteiger partial charge >= 0.3 is 5.97 Å². The summed E-state index contributed by atoms with van der Waals surface area (Å²) >= 11 is 0. The van der Waals surface area contributed by atoms with Crippen molar-refractivity contribution in [2.45, 2.75) is 56.1 Å². The predicted molar refractivity (Wildman–Crippen MR) is 94.4 cm³/mol. The second kappa shape index (κ2) is 9.25. The van der Waals surface area contributed by atoms with Crippen LogP contribution in [0.5, 0.6) is 0 Å². The largest absolute Gasteiger partial charge is 0.464 e. The van der Waals surface area contributed by atoms with E-state index in [-0.39, 0.29) is 23.1 Å². The number of carbonyl (C=O) groups is 1. The molecule has 0 saturated heterocycles. The van der Waals surface area contributed by atoms with Crippen molar-refractivity contribution < 1.29 is 32.2 Å². The lowest BCUT2D eigenvalue weighted by Gasteiger charge is -2.30. The van der Waals surface area contributed by atoms with Gasteiger partial charge in [0.1, 0.15) is 0 Å². The molecule has 150 valence electrons. The highest BCUT2D eigenvalue weighted by Gasteiger charge is 2.39. The number of esters is 1. The number of ether oxygens (including phenoxy) is 1. The van der Waals surface area contributed by atoms with Crippen LogP contribution in [-0.2, 0) is 23.8 Å². The van der Waals surface area contributed by atoms with Gasteiger partial charge in [0.2, 0.25) is 6.10 Å². The van der Waals surface area contributed by atoms with Crippen molar-refractivity contribution in [2.24, 2.45) is 5.92 Å². The summed E-state index contributed by atoms with van der Waals surface area (Å²) in [5.41, 5.74) is -0.280. The van der Waals surface area contributed by atoms with Crippen molar-refractivity contribution in [3.8, 4) is 0 Å². The standard InChI is InChI=1S/C17H23NO8S/c1-2-25-17(20)16(15(19)12-6-4-3-5-7-12)26-27(23,24)14-10-8-13(9-11-14)18(21)22/h8-12,15-16,19H,2-7H2,1H3. The van der Waals surface area contributed by atoms with Crippen LogP contribution in [0.3, 0.4) is 0 Å². The number of benzene rings is 1. The van der Waals surface area contributed by atoms with E-state index < -0.39 is 33.2 Å². The van der Waals surface area contributed by atoms with Gasteiger partial charge in [-0.1, -0.05) is 19.3 Å². The SMILES string of the molecule is CCOC(=O)C(OS(=O)(=O)c1ccc([N+](=O)[O-])cc1)C(O)C1CCCCC1. The summed E-state index contributed by atoms with van der Waals surface area (Å²) < 4.78 is 34.9. The first-order valence-electron chi connectivity index (χ1n) is 8.78. The van der Waals surface area contributed by atoms with Gasteiger partial charge in [-0.2, -0.15) is 8.42 Å². The monoisotopic (exact) mass is 401 g/mol. The normalized spacial score (nSPS) is 17.9. The smallest absolute Gasteiger partial charge is 0.339 e. The van der Waals surface area contributed by atoms with Crippen LogP contribution in [0.2, 0.25) is 0 Å². The minimum atomic E-state index is -4.43. The summed E-state index contributed by atoms with van der Waals surface area (Å²) in [6, 6.07) is 4.08. The summed E-state index contributed by atoms with van der Waals surface area (Å²) in [4.78, 5) is 21.9. The third kappa shape index (κ3) is 5.47. The van der Waals surface area contributed by atoms with Gasteiger partial charge in [-0.15, -0.1) is 0 Å². The Labute approximate surface area is 157 Å². The highest BCUT2D eigenvalue weighted by Crippen LogP contribution is 2.30. The van der Waals surface area contributed by atoms with Gasteiger partial charge in [0, 0.05) is 12.1 Å². The Hall–Kier alpha value is -2.04. The fourth-order valence-electron chi connectivity index (χ4n) is 3.11. The molecule has 2 unspecified atom stereocenters. The number of aliphatic hydroxyl groups is 1. The van der Waals surface area contributed by atoms with Crippen LogP contribution in [0.4, 0.5) is 5.69 Å². The van der Waals surface area contributed by atoms with Crippen LogP contribution in [0.1, 0.15) is 39.0 Å². The third-order valence-electron chi connectivity index (χ3n) is 4.53. The summed E-state index contributed by atoms with van der Waals surface area (Å²) in [5, 5.41) is 21.3. The molecule has 0 bridgehead atoms. The number of nitro benzene ring substituents is 1. The van der Waals surface area contributed by atoms with Gasteiger partial charge in [0.25, 0.3) is 15.8 Å². The molecule has 1 N–H and O–H groups in total. The number of nitro groups is 1. The molecule has 0 aliphatic heterocycles. The van der Waals surface area contributed by atoms with Crippen LogP contribution >= 0.6 is 0 Å². The van der Waals surface area contributed by atoms with E-state index in [2.05, 4.69) is 0 Å². The Morgan fingerprint density at radius 3 is 2.37 bits per heavy atom. The van der Waals surface area contributed by atoms with Crippen molar-refractivity contribution in [3.05, 3.63) is 34.4 Å². The molecule has 0 aromatic heterocycles. The number of hydrogen-bond acceptors (Lipinski definition) is 8. The molecule has 0 radical (unpaired) electrons. The Bertz CT molecular complexity index is 756.